The second-order valence-electron chi connectivity index (χ2n) is 7.18. The number of carbonyl (C=O) groups excluding carboxylic acids is 2. The molecule has 0 N–H and O–H groups in total. The van der Waals surface area contributed by atoms with Gasteiger partial charge in [-0.15, -0.1) is 0 Å². The average molecular weight is 421 g/mol. The largest absolute Gasteiger partial charge is 0.497 e. The fourth-order valence-electron chi connectivity index (χ4n) is 3.65. The van der Waals surface area contributed by atoms with Crippen LogP contribution in [0.4, 0.5) is 0 Å². The van der Waals surface area contributed by atoms with Crippen LogP contribution in [0.25, 0.3) is 17.0 Å². The van der Waals surface area contributed by atoms with Gasteiger partial charge in [-0.25, -0.2) is 4.79 Å². The number of allylic oxidation sites excluding steroid dienone is 1. The van der Waals surface area contributed by atoms with E-state index in [9.17, 15) is 9.59 Å². The molecule has 31 heavy (non-hydrogen) atoms. The number of fused-ring (bicyclic) bond motifs is 2. The van der Waals surface area contributed by atoms with E-state index in [0.29, 0.717) is 22.6 Å². The molecule has 7 nitrogen and oxygen atoms in total. The molecule has 0 saturated heterocycles. The van der Waals surface area contributed by atoms with Crippen LogP contribution in [0.5, 0.6) is 17.2 Å². The van der Waals surface area contributed by atoms with Crippen molar-refractivity contribution in [1.29, 1.82) is 0 Å². The third kappa shape index (κ3) is 3.74. The van der Waals surface area contributed by atoms with Gasteiger partial charge in [-0.2, -0.15) is 0 Å². The standard InChI is InChI=1S/C24H23NO6/c1-5-29-22(26)13-30-20-9-7-17-23(27)21(31-24(17)14(20)2)10-15-12-25(3)19-8-6-16(28-4)11-18(15)19/h6-12H,5,13H2,1-4H3. The first-order chi connectivity index (χ1) is 14.9. The maximum Gasteiger partial charge on any atom is 0.344 e. The molecular formula is C24H23NO6. The molecule has 0 saturated carbocycles. The number of benzene rings is 2. The van der Waals surface area contributed by atoms with Gasteiger partial charge in [-0.05, 0) is 50.3 Å². The van der Waals surface area contributed by atoms with E-state index in [1.165, 1.54) is 0 Å². The summed E-state index contributed by atoms with van der Waals surface area (Å²) < 4.78 is 23.7. The summed E-state index contributed by atoms with van der Waals surface area (Å²) >= 11 is 0. The van der Waals surface area contributed by atoms with Gasteiger partial charge in [0, 0.05) is 35.3 Å². The third-order valence-electron chi connectivity index (χ3n) is 5.20. The van der Waals surface area contributed by atoms with Crippen LogP contribution in [0.15, 0.2) is 42.3 Å². The Morgan fingerprint density at radius 2 is 2.03 bits per heavy atom. The monoisotopic (exact) mass is 421 g/mol. The SMILES string of the molecule is CCOC(=O)COc1ccc2c(c1C)OC(=Cc1cn(C)c3ccc(OC)cc13)C2=O. The molecule has 3 aromatic rings. The molecule has 1 aliphatic rings. The van der Waals surface area contributed by atoms with Crippen molar-refractivity contribution in [2.24, 2.45) is 7.05 Å². The fraction of sp³-hybridized carbons (Fsp3) is 0.250. The molecule has 0 aliphatic carbocycles. The molecule has 2 heterocycles. The zero-order valence-electron chi connectivity index (χ0n) is 17.9. The van der Waals surface area contributed by atoms with E-state index in [-0.39, 0.29) is 24.8 Å². The quantitative estimate of drug-likeness (QED) is 0.441. The third-order valence-corrected chi connectivity index (χ3v) is 5.20. The molecule has 0 amide bonds. The van der Waals surface area contributed by atoms with Crippen LogP contribution >= 0.6 is 0 Å². The number of aryl methyl sites for hydroxylation is 1. The molecule has 0 unspecified atom stereocenters. The van der Waals surface area contributed by atoms with E-state index in [4.69, 9.17) is 18.9 Å². The molecule has 1 aromatic heterocycles. The predicted molar refractivity (Wildman–Crippen MR) is 116 cm³/mol. The van der Waals surface area contributed by atoms with Crippen molar-refractivity contribution in [3.8, 4) is 17.2 Å². The molecule has 0 atom stereocenters. The minimum Gasteiger partial charge on any atom is -0.497 e. The summed E-state index contributed by atoms with van der Waals surface area (Å²) in [6, 6.07) is 9.12. The molecule has 7 heteroatoms. The van der Waals surface area contributed by atoms with Crippen LogP contribution in [0, 0.1) is 6.92 Å². The minimum absolute atomic E-state index is 0.199. The Balaban J connectivity index is 1.65. The van der Waals surface area contributed by atoms with Crippen molar-refractivity contribution in [2.45, 2.75) is 13.8 Å². The van der Waals surface area contributed by atoms with Crippen molar-refractivity contribution in [3.63, 3.8) is 0 Å². The summed E-state index contributed by atoms with van der Waals surface area (Å²) in [5.41, 5.74) is 2.98. The van der Waals surface area contributed by atoms with Crippen LogP contribution < -0.4 is 14.2 Å². The maximum absolute atomic E-state index is 12.9. The number of nitrogens with zero attached hydrogens (tertiary/aromatic N) is 1. The zero-order chi connectivity index (χ0) is 22.1. The number of rotatable bonds is 6. The van der Waals surface area contributed by atoms with E-state index in [1.807, 2.05) is 36.0 Å². The Hall–Kier alpha value is -3.74. The number of ether oxygens (including phenoxy) is 4. The molecular weight excluding hydrogens is 398 g/mol. The molecule has 1 aliphatic heterocycles. The lowest BCUT2D eigenvalue weighted by atomic mass is 10.1. The number of ketones is 1. The molecule has 0 radical (unpaired) electrons. The summed E-state index contributed by atoms with van der Waals surface area (Å²) in [6.07, 6.45) is 3.68. The van der Waals surface area contributed by atoms with Gasteiger partial charge in [-0.3, -0.25) is 4.79 Å². The Labute approximate surface area is 179 Å². The van der Waals surface area contributed by atoms with Crippen LogP contribution in [0.2, 0.25) is 0 Å². The summed E-state index contributed by atoms with van der Waals surface area (Å²) in [5.74, 6) is 1.22. The van der Waals surface area contributed by atoms with Crippen LogP contribution in [-0.4, -0.2) is 36.6 Å². The molecule has 0 spiro atoms. The Morgan fingerprint density at radius 3 is 2.77 bits per heavy atom. The first-order valence-corrected chi connectivity index (χ1v) is 9.92. The van der Waals surface area contributed by atoms with E-state index in [2.05, 4.69) is 0 Å². The fourth-order valence-corrected chi connectivity index (χ4v) is 3.65. The number of aromatic nitrogens is 1. The topological polar surface area (TPSA) is 76.0 Å². The van der Waals surface area contributed by atoms with Gasteiger partial charge in [0.2, 0.25) is 5.78 Å². The normalized spacial score (nSPS) is 13.9. The highest BCUT2D eigenvalue weighted by Crippen LogP contribution is 2.40. The highest BCUT2D eigenvalue weighted by atomic mass is 16.6. The van der Waals surface area contributed by atoms with Gasteiger partial charge < -0.3 is 23.5 Å². The van der Waals surface area contributed by atoms with Crippen molar-refractivity contribution in [2.75, 3.05) is 20.3 Å². The van der Waals surface area contributed by atoms with Crippen molar-refractivity contribution >= 4 is 28.7 Å². The lowest BCUT2D eigenvalue weighted by Gasteiger charge is -2.10. The lowest BCUT2D eigenvalue weighted by molar-refractivity contribution is -0.145. The second kappa shape index (κ2) is 8.18. The summed E-state index contributed by atoms with van der Waals surface area (Å²) in [5, 5.41) is 0.955. The number of Topliss-reactive ketones (excluding diaryl/α,β-unsaturated/α-hetero) is 1. The van der Waals surface area contributed by atoms with E-state index >= 15 is 0 Å². The average Bonchev–Trinajstić information content (AvgIpc) is 3.25. The molecule has 0 fully saturated rings. The highest BCUT2D eigenvalue weighted by Gasteiger charge is 2.30. The second-order valence-corrected chi connectivity index (χ2v) is 7.18. The maximum atomic E-state index is 12.9. The predicted octanol–water partition coefficient (Wildman–Crippen LogP) is 4.05. The van der Waals surface area contributed by atoms with Crippen molar-refractivity contribution in [3.05, 3.63) is 59.0 Å². The van der Waals surface area contributed by atoms with Crippen LogP contribution in [0.3, 0.4) is 0 Å². The van der Waals surface area contributed by atoms with Crippen LogP contribution in [-0.2, 0) is 16.6 Å². The molecule has 0 bridgehead atoms. The van der Waals surface area contributed by atoms with E-state index in [0.717, 1.165) is 22.2 Å². The van der Waals surface area contributed by atoms with Gasteiger partial charge in [0.05, 0.1) is 19.3 Å². The molecule has 160 valence electrons. The molecule has 4 rings (SSSR count). The first kappa shape index (κ1) is 20.5. The number of hydrogen-bond donors (Lipinski definition) is 0. The lowest BCUT2D eigenvalue weighted by Crippen LogP contribution is -2.15. The molecule has 2 aromatic carbocycles. The van der Waals surface area contributed by atoms with E-state index < -0.39 is 5.97 Å². The van der Waals surface area contributed by atoms with Crippen molar-refractivity contribution < 1.29 is 28.5 Å². The summed E-state index contributed by atoms with van der Waals surface area (Å²) in [7, 11) is 3.56. The summed E-state index contributed by atoms with van der Waals surface area (Å²) in [4.78, 5) is 24.5. The van der Waals surface area contributed by atoms with Crippen molar-refractivity contribution in [1.82, 2.24) is 4.57 Å². The Kier molecular flexibility index (Phi) is 5.42. The van der Waals surface area contributed by atoms with Gasteiger partial charge >= 0.3 is 5.97 Å². The smallest absolute Gasteiger partial charge is 0.344 e. The summed E-state index contributed by atoms with van der Waals surface area (Å²) in [6.45, 7) is 3.61. The van der Waals surface area contributed by atoms with E-state index in [1.54, 1.807) is 39.2 Å². The minimum atomic E-state index is -0.452. The van der Waals surface area contributed by atoms with Gasteiger partial charge in [-0.1, -0.05) is 0 Å². The number of esters is 1. The van der Waals surface area contributed by atoms with Crippen LogP contribution in [0.1, 0.15) is 28.4 Å². The Bertz CT molecular complexity index is 1220. The van der Waals surface area contributed by atoms with Gasteiger partial charge in [0.15, 0.2) is 12.4 Å². The highest BCUT2D eigenvalue weighted by molar-refractivity contribution is 6.15. The number of methoxy groups -OCH3 is 1. The van der Waals surface area contributed by atoms with Gasteiger partial charge in [0.1, 0.15) is 17.2 Å². The number of carbonyl (C=O) groups is 2. The number of hydrogen-bond acceptors (Lipinski definition) is 6. The Morgan fingerprint density at radius 1 is 1.23 bits per heavy atom. The first-order valence-electron chi connectivity index (χ1n) is 9.92. The zero-order valence-corrected chi connectivity index (χ0v) is 17.9. The van der Waals surface area contributed by atoms with Gasteiger partial charge in [0.25, 0.3) is 0 Å².